The number of ether oxygens (including phenoxy) is 1. The van der Waals surface area contributed by atoms with Crippen molar-refractivity contribution < 1.29 is 31.8 Å². The summed E-state index contributed by atoms with van der Waals surface area (Å²) in [6.07, 6.45) is 1.53. The van der Waals surface area contributed by atoms with Crippen LogP contribution in [0, 0.1) is 19.3 Å². The molecule has 4 heterocycles. The molecular formula is C30H31F2N5O5S. The summed E-state index contributed by atoms with van der Waals surface area (Å²) in [7, 11) is -3.96. The van der Waals surface area contributed by atoms with E-state index in [0.717, 1.165) is 5.56 Å². The van der Waals surface area contributed by atoms with Crippen molar-refractivity contribution in [2.75, 3.05) is 6.54 Å². The van der Waals surface area contributed by atoms with Gasteiger partial charge in [-0.15, -0.1) is 10.2 Å². The fourth-order valence-corrected chi connectivity index (χ4v) is 7.45. The molecule has 3 aromatic heterocycles. The Bertz CT molecular complexity index is 1870. The molecule has 226 valence electrons. The van der Waals surface area contributed by atoms with Gasteiger partial charge in [-0.1, -0.05) is 18.2 Å². The molecule has 1 atom stereocenters. The number of halogens is 2. The van der Waals surface area contributed by atoms with E-state index in [1.165, 1.54) is 27.2 Å². The highest BCUT2D eigenvalue weighted by atomic mass is 32.2. The zero-order chi connectivity index (χ0) is 30.9. The minimum atomic E-state index is -3.96. The number of pyridine rings is 2. The lowest BCUT2D eigenvalue weighted by atomic mass is 9.70. The zero-order valence-corrected chi connectivity index (χ0v) is 24.9. The molecular weight excluding hydrogens is 580 g/mol. The molecule has 2 aliphatic rings. The number of sulfonamides is 1. The highest BCUT2D eigenvalue weighted by molar-refractivity contribution is 7.89. The molecule has 43 heavy (non-hydrogen) atoms. The van der Waals surface area contributed by atoms with Gasteiger partial charge in [-0.05, 0) is 86.6 Å². The minimum Gasteiger partial charge on any atom is -0.481 e. The van der Waals surface area contributed by atoms with Crippen LogP contribution in [-0.2, 0) is 21.4 Å². The van der Waals surface area contributed by atoms with Crippen LogP contribution < -0.4 is 4.74 Å². The molecule has 1 spiro atoms. The van der Waals surface area contributed by atoms with Crippen LogP contribution in [0.25, 0.3) is 5.65 Å². The Hall–Kier alpha value is -3.97. The van der Waals surface area contributed by atoms with Gasteiger partial charge in [0.1, 0.15) is 10.5 Å². The number of benzene rings is 1. The maximum absolute atomic E-state index is 13.8. The molecule has 1 fully saturated rings. The first kappa shape index (κ1) is 29.1. The van der Waals surface area contributed by atoms with E-state index < -0.39 is 45.2 Å². The van der Waals surface area contributed by atoms with Crippen molar-refractivity contribution in [2.45, 2.75) is 69.9 Å². The van der Waals surface area contributed by atoms with Crippen LogP contribution in [0.3, 0.4) is 0 Å². The Balaban J connectivity index is 1.45. The molecule has 4 aromatic rings. The molecule has 6 rings (SSSR count). The van der Waals surface area contributed by atoms with Crippen LogP contribution in [0.5, 0.6) is 5.88 Å². The topological polar surface area (TPSA) is 127 Å². The third kappa shape index (κ3) is 4.84. The molecule has 13 heteroatoms. The van der Waals surface area contributed by atoms with Gasteiger partial charge >= 0.3 is 5.97 Å². The SMILES string of the molecule is Cc1ccc(C(c2ccn3c(C(F)F)nnc3c2C)C(C)(C)C(=O)O)cc1CN1CC2(CC2)Oc2ncccc2S1(=O)=O. The summed E-state index contributed by atoms with van der Waals surface area (Å²) in [5.41, 5.74) is 1.53. The van der Waals surface area contributed by atoms with Crippen molar-refractivity contribution in [3.8, 4) is 5.88 Å². The number of hydrogen-bond acceptors (Lipinski definition) is 7. The number of aliphatic carboxylic acids is 1. The normalized spacial score (nSPS) is 18.3. The summed E-state index contributed by atoms with van der Waals surface area (Å²) in [6.45, 7) is 7.00. The average Bonchev–Trinajstić information content (AvgIpc) is 3.57. The van der Waals surface area contributed by atoms with Crippen LogP contribution in [0.15, 0.2) is 53.7 Å². The summed E-state index contributed by atoms with van der Waals surface area (Å²) in [5.74, 6) is -2.18. The number of carbonyl (C=O) groups is 1. The lowest BCUT2D eigenvalue weighted by Gasteiger charge is -2.33. The molecule has 0 amide bonds. The van der Waals surface area contributed by atoms with Crippen LogP contribution in [0.4, 0.5) is 8.78 Å². The number of rotatable bonds is 7. The number of hydrogen-bond donors (Lipinski definition) is 1. The second-order valence-electron chi connectivity index (χ2n) is 12.0. The van der Waals surface area contributed by atoms with Gasteiger partial charge in [-0.3, -0.25) is 9.20 Å². The smallest absolute Gasteiger partial charge is 0.310 e. The third-order valence-corrected chi connectivity index (χ3v) is 10.5. The number of carboxylic acids is 1. The Labute approximate surface area is 247 Å². The second kappa shape index (κ2) is 10.1. The van der Waals surface area contributed by atoms with E-state index in [-0.39, 0.29) is 29.5 Å². The molecule has 1 unspecified atom stereocenters. The van der Waals surface area contributed by atoms with E-state index in [4.69, 9.17) is 4.74 Å². The monoisotopic (exact) mass is 611 g/mol. The van der Waals surface area contributed by atoms with Crippen molar-refractivity contribution in [3.05, 3.63) is 82.4 Å². The van der Waals surface area contributed by atoms with Crippen molar-refractivity contribution >= 4 is 21.6 Å². The quantitative estimate of drug-likeness (QED) is 0.308. The largest absolute Gasteiger partial charge is 0.481 e. The second-order valence-corrected chi connectivity index (χ2v) is 13.9. The predicted molar refractivity (Wildman–Crippen MR) is 152 cm³/mol. The Kier molecular flexibility index (Phi) is 6.81. The average molecular weight is 612 g/mol. The number of alkyl halides is 2. The molecule has 1 aromatic carbocycles. The van der Waals surface area contributed by atoms with Crippen molar-refractivity contribution in [1.82, 2.24) is 23.9 Å². The van der Waals surface area contributed by atoms with Crippen molar-refractivity contribution in [3.63, 3.8) is 0 Å². The van der Waals surface area contributed by atoms with E-state index >= 15 is 0 Å². The van der Waals surface area contributed by atoms with Gasteiger partial charge in [0.15, 0.2) is 5.65 Å². The van der Waals surface area contributed by atoms with Gasteiger partial charge in [0.2, 0.25) is 21.7 Å². The van der Waals surface area contributed by atoms with E-state index in [9.17, 15) is 27.1 Å². The molecule has 0 radical (unpaired) electrons. The first-order valence-electron chi connectivity index (χ1n) is 13.8. The molecule has 1 N–H and O–H groups in total. The van der Waals surface area contributed by atoms with Gasteiger partial charge in [-0.2, -0.15) is 4.31 Å². The zero-order valence-electron chi connectivity index (χ0n) is 24.1. The highest BCUT2D eigenvalue weighted by Gasteiger charge is 2.52. The van der Waals surface area contributed by atoms with E-state index in [2.05, 4.69) is 15.2 Å². The molecule has 0 saturated heterocycles. The van der Waals surface area contributed by atoms with Crippen LogP contribution in [0.1, 0.15) is 72.7 Å². The lowest BCUT2D eigenvalue weighted by Crippen LogP contribution is -2.38. The molecule has 0 bridgehead atoms. The predicted octanol–water partition coefficient (Wildman–Crippen LogP) is 5.04. The number of fused-ring (bicyclic) bond motifs is 2. The number of nitrogens with zero attached hydrogens (tertiary/aromatic N) is 5. The van der Waals surface area contributed by atoms with Gasteiger partial charge < -0.3 is 9.84 Å². The van der Waals surface area contributed by atoms with Gasteiger partial charge in [0.25, 0.3) is 6.43 Å². The third-order valence-electron chi connectivity index (χ3n) is 8.67. The van der Waals surface area contributed by atoms with Crippen molar-refractivity contribution in [1.29, 1.82) is 0 Å². The fourth-order valence-electron chi connectivity index (χ4n) is 5.89. The van der Waals surface area contributed by atoms with Crippen LogP contribution in [0.2, 0.25) is 0 Å². The summed E-state index contributed by atoms with van der Waals surface area (Å²) < 4.78 is 63.4. The molecule has 10 nitrogen and oxygen atoms in total. The number of aromatic nitrogens is 4. The maximum atomic E-state index is 13.8. The summed E-state index contributed by atoms with van der Waals surface area (Å²) in [5, 5.41) is 17.9. The van der Waals surface area contributed by atoms with Crippen LogP contribution in [-0.4, -0.2) is 55.5 Å². The first-order chi connectivity index (χ1) is 20.2. The van der Waals surface area contributed by atoms with Crippen molar-refractivity contribution in [2.24, 2.45) is 5.41 Å². The van der Waals surface area contributed by atoms with E-state index in [0.29, 0.717) is 35.1 Å². The Morgan fingerprint density at radius 1 is 1.16 bits per heavy atom. The van der Waals surface area contributed by atoms with Gasteiger partial charge in [0.05, 0.1) is 12.0 Å². The molecule has 1 aliphatic heterocycles. The Morgan fingerprint density at radius 2 is 1.91 bits per heavy atom. The summed E-state index contributed by atoms with van der Waals surface area (Å²) in [6, 6.07) is 10.2. The highest BCUT2D eigenvalue weighted by Crippen LogP contribution is 2.47. The minimum absolute atomic E-state index is 0.0119. The van der Waals surface area contributed by atoms with E-state index in [1.807, 2.05) is 25.1 Å². The molecule has 1 saturated carbocycles. The molecule has 1 aliphatic carbocycles. The number of carboxylic acid groups (broad SMARTS) is 1. The van der Waals surface area contributed by atoms with Crippen LogP contribution >= 0.6 is 0 Å². The number of aryl methyl sites for hydroxylation is 2. The van der Waals surface area contributed by atoms with E-state index in [1.54, 1.807) is 32.9 Å². The maximum Gasteiger partial charge on any atom is 0.310 e. The lowest BCUT2D eigenvalue weighted by molar-refractivity contribution is -0.147. The summed E-state index contributed by atoms with van der Waals surface area (Å²) >= 11 is 0. The summed E-state index contributed by atoms with van der Waals surface area (Å²) in [4.78, 5) is 16.8. The Morgan fingerprint density at radius 3 is 2.58 bits per heavy atom. The first-order valence-corrected chi connectivity index (χ1v) is 15.3. The van der Waals surface area contributed by atoms with Gasteiger partial charge in [-0.25, -0.2) is 22.2 Å². The standard InChI is InChI=1S/C30H31F2N5O5S/c1-17-7-8-19(14-20(17)15-36-16-30(10-11-30)42-27-22(43(36,40)41)6-5-12-33-27)23(29(3,4)28(38)39)21-9-13-37-25(18(21)2)34-35-26(37)24(31)32/h5-9,12-14,23-24H,10-11,15-16H2,1-4H3,(H,38,39). The van der Waals surface area contributed by atoms with Gasteiger partial charge in [0, 0.05) is 24.9 Å². The fraction of sp³-hybridized carbons (Fsp3) is 0.400.